The maximum Gasteiger partial charge on any atom is 0.254 e. The summed E-state index contributed by atoms with van der Waals surface area (Å²) in [6.45, 7) is 10.9. The molecule has 0 aromatic heterocycles. The number of carbonyl (C=O) groups excluding carboxylic acids is 1. The monoisotopic (exact) mass is 414 g/mol. The lowest BCUT2D eigenvalue weighted by Crippen LogP contribution is -2.51. The zero-order valence-electron chi connectivity index (χ0n) is 18.2. The normalized spacial score (nSPS) is 15.9. The summed E-state index contributed by atoms with van der Waals surface area (Å²) in [6, 6.07) is 8.71. The number of halogens is 1. The van der Waals surface area contributed by atoms with Gasteiger partial charge in [-0.05, 0) is 62.1 Å². The van der Waals surface area contributed by atoms with Gasteiger partial charge in [0.05, 0.1) is 0 Å². The van der Waals surface area contributed by atoms with Gasteiger partial charge in [-0.1, -0.05) is 18.2 Å². The van der Waals surface area contributed by atoms with Gasteiger partial charge in [0.1, 0.15) is 24.3 Å². The molecule has 30 heavy (non-hydrogen) atoms. The quantitative estimate of drug-likeness (QED) is 0.788. The zero-order valence-corrected chi connectivity index (χ0v) is 18.2. The molecule has 0 bridgehead atoms. The molecule has 1 aliphatic rings. The molecule has 2 aromatic rings. The highest BCUT2D eigenvalue weighted by Gasteiger charge is 2.24. The van der Waals surface area contributed by atoms with Crippen molar-refractivity contribution in [1.29, 1.82) is 0 Å². The van der Waals surface area contributed by atoms with E-state index in [1.54, 1.807) is 24.0 Å². The number of rotatable bonds is 6. The summed E-state index contributed by atoms with van der Waals surface area (Å²) < 4.78 is 19.7. The van der Waals surface area contributed by atoms with E-state index in [0.29, 0.717) is 43.9 Å². The number of aliphatic hydroxyl groups excluding tert-OH is 1. The van der Waals surface area contributed by atoms with Crippen LogP contribution in [0.25, 0.3) is 0 Å². The van der Waals surface area contributed by atoms with Gasteiger partial charge in [-0.15, -0.1) is 0 Å². The number of hydrogen-bond donors (Lipinski definition) is 1. The number of benzene rings is 2. The molecule has 0 spiro atoms. The third-order valence-corrected chi connectivity index (χ3v) is 5.84. The number of hydrogen-bond acceptors (Lipinski definition) is 4. The standard InChI is InChI=1S/C24H31FN2O3/c1-16-5-6-18(3)23(19(16)4)30-15-21(28)14-26-9-11-27(12-10-26)24(29)20-8-7-17(2)22(25)13-20/h5-8,13,21,28H,9-12,14-15H2,1-4H3. The number of aliphatic hydroxyl groups is 1. The van der Waals surface area contributed by atoms with Crippen molar-refractivity contribution in [2.45, 2.75) is 33.8 Å². The van der Waals surface area contributed by atoms with Gasteiger partial charge in [0.2, 0.25) is 0 Å². The molecule has 3 rings (SSSR count). The molecule has 1 atom stereocenters. The first-order chi connectivity index (χ1) is 14.3. The molecular weight excluding hydrogens is 383 g/mol. The van der Waals surface area contributed by atoms with Crippen LogP contribution in [-0.2, 0) is 0 Å². The highest BCUT2D eigenvalue weighted by Crippen LogP contribution is 2.25. The average molecular weight is 415 g/mol. The Hall–Kier alpha value is -2.44. The van der Waals surface area contributed by atoms with Crippen molar-refractivity contribution in [1.82, 2.24) is 9.80 Å². The SMILES string of the molecule is Cc1ccc(C(=O)N2CCN(CC(O)COc3c(C)ccc(C)c3C)CC2)cc1F. The number of aryl methyl sites for hydroxylation is 3. The van der Waals surface area contributed by atoms with E-state index in [2.05, 4.69) is 11.0 Å². The maximum atomic E-state index is 13.8. The van der Waals surface area contributed by atoms with Crippen molar-refractivity contribution >= 4 is 5.91 Å². The van der Waals surface area contributed by atoms with Crippen molar-refractivity contribution in [3.63, 3.8) is 0 Å². The topological polar surface area (TPSA) is 53.0 Å². The largest absolute Gasteiger partial charge is 0.490 e. The second-order valence-corrected chi connectivity index (χ2v) is 8.18. The predicted octanol–water partition coefficient (Wildman–Crippen LogP) is 3.26. The molecule has 1 heterocycles. The average Bonchev–Trinajstić information content (AvgIpc) is 2.73. The molecule has 1 amide bonds. The van der Waals surface area contributed by atoms with Crippen molar-refractivity contribution in [3.05, 3.63) is 64.0 Å². The van der Waals surface area contributed by atoms with Crippen molar-refractivity contribution in [2.24, 2.45) is 0 Å². The molecule has 1 N–H and O–H groups in total. The van der Waals surface area contributed by atoms with E-state index in [4.69, 9.17) is 4.74 Å². The Morgan fingerprint density at radius 3 is 2.33 bits per heavy atom. The molecule has 0 saturated carbocycles. The first-order valence-electron chi connectivity index (χ1n) is 10.4. The number of nitrogens with zero attached hydrogens (tertiary/aromatic N) is 2. The van der Waals surface area contributed by atoms with Crippen LogP contribution < -0.4 is 4.74 Å². The summed E-state index contributed by atoms with van der Waals surface area (Å²) in [5.41, 5.74) is 4.23. The molecule has 5 nitrogen and oxygen atoms in total. The van der Waals surface area contributed by atoms with E-state index in [1.807, 2.05) is 26.8 Å². The molecular formula is C24H31FN2O3. The summed E-state index contributed by atoms with van der Waals surface area (Å²) in [5, 5.41) is 10.4. The van der Waals surface area contributed by atoms with E-state index in [-0.39, 0.29) is 18.3 Å². The summed E-state index contributed by atoms with van der Waals surface area (Å²) >= 11 is 0. The molecule has 162 valence electrons. The number of β-amino-alcohol motifs (C(OH)–C–C–N with tert-alkyl or cyclic N) is 1. The van der Waals surface area contributed by atoms with Crippen LogP contribution in [0.2, 0.25) is 0 Å². The lowest BCUT2D eigenvalue weighted by atomic mass is 10.1. The van der Waals surface area contributed by atoms with Gasteiger partial charge >= 0.3 is 0 Å². The number of ether oxygens (including phenoxy) is 1. The van der Waals surface area contributed by atoms with E-state index < -0.39 is 6.10 Å². The molecule has 1 aliphatic heterocycles. The van der Waals surface area contributed by atoms with Crippen LogP contribution in [0.4, 0.5) is 4.39 Å². The molecule has 1 saturated heterocycles. The molecule has 0 radical (unpaired) electrons. The lowest BCUT2D eigenvalue weighted by molar-refractivity contribution is 0.0401. The second kappa shape index (κ2) is 9.58. The van der Waals surface area contributed by atoms with Gasteiger partial charge in [0, 0.05) is 38.3 Å². The Labute approximate surface area is 178 Å². The highest BCUT2D eigenvalue weighted by atomic mass is 19.1. The Morgan fingerprint density at radius 2 is 1.67 bits per heavy atom. The van der Waals surface area contributed by atoms with Crippen LogP contribution in [0.15, 0.2) is 30.3 Å². The fourth-order valence-electron chi connectivity index (χ4n) is 3.72. The Morgan fingerprint density at radius 1 is 1.03 bits per heavy atom. The number of carbonyl (C=O) groups is 1. The number of piperazine rings is 1. The number of amides is 1. The molecule has 1 unspecified atom stereocenters. The van der Waals surface area contributed by atoms with Gasteiger partial charge in [0.15, 0.2) is 0 Å². The van der Waals surface area contributed by atoms with Gasteiger partial charge in [-0.2, -0.15) is 0 Å². The highest BCUT2D eigenvalue weighted by molar-refractivity contribution is 5.94. The van der Waals surface area contributed by atoms with E-state index >= 15 is 0 Å². The molecule has 0 aliphatic carbocycles. The van der Waals surface area contributed by atoms with Crippen LogP contribution in [0, 0.1) is 33.5 Å². The minimum atomic E-state index is -0.613. The fourth-order valence-corrected chi connectivity index (χ4v) is 3.72. The molecule has 2 aromatic carbocycles. The second-order valence-electron chi connectivity index (χ2n) is 8.18. The fraction of sp³-hybridized carbons (Fsp3) is 0.458. The van der Waals surface area contributed by atoms with E-state index in [1.165, 1.54) is 11.6 Å². The maximum absolute atomic E-state index is 13.8. The molecule has 1 fully saturated rings. The van der Waals surface area contributed by atoms with Gasteiger partial charge < -0.3 is 14.7 Å². The Bertz CT molecular complexity index is 908. The minimum Gasteiger partial charge on any atom is -0.490 e. The smallest absolute Gasteiger partial charge is 0.254 e. The first-order valence-corrected chi connectivity index (χ1v) is 10.4. The first kappa shape index (κ1) is 22.2. The van der Waals surface area contributed by atoms with Gasteiger partial charge in [-0.3, -0.25) is 9.69 Å². The molecule has 6 heteroatoms. The zero-order chi connectivity index (χ0) is 21.8. The van der Waals surface area contributed by atoms with Crippen LogP contribution >= 0.6 is 0 Å². The lowest BCUT2D eigenvalue weighted by Gasteiger charge is -2.35. The third kappa shape index (κ3) is 5.18. The van der Waals surface area contributed by atoms with Crippen LogP contribution in [0.3, 0.4) is 0 Å². The minimum absolute atomic E-state index is 0.150. The van der Waals surface area contributed by atoms with Crippen molar-refractivity contribution in [3.8, 4) is 5.75 Å². The summed E-state index contributed by atoms with van der Waals surface area (Å²) in [5.74, 6) is 0.333. The predicted molar refractivity (Wildman–Crippen MR) is 116 cm³/mol. The van der Waals surface area contributed by atoms with E-state index in [0.717, 1.165) is 16.9 Å². The van der Waals surface area contributed by atoms with Crippen molar-refractivity contribution < 1.29 is 19.0 Å². The summed E-state index contributed by atoms with van der Waals surface area (Å²) in [4.78, 5) is 16.5. The van der Waals surface area contributed by atoms with Crippen LogP contribution in [-0.4, -0.2) is 66.2 Å². The van der Waals surface area contributed by atoms with Gasteiger partial charge in [-0.25, -0.2) is 4.39 Å². The summed E-state index contributed by atoms with van der Waals surface area (Å²) in [6.07, 6.45) is -0.613. The van der Waals surface area contributed by atoms with Gasteiger partial charge in [0.25, 0.3) is 5.91 Å². The Kier molecular flexibility index (Phi) is 7.10. The Balaban J connectivity index is 1.48. The van der Waals surface area contributed by atoms with E-state index in [9.17, 15) is 14.3 Å². The van der Waals surface area contributed by atoms with Crippen LogP contribution in [0.5, 0.6) is 5.75 Å². The third-order valence-electron chi connectivity index (χ3n) is 5.84. The van der Waals surface area contributed by atoms with Crippen LogP contribution in [0.1, 0.15) is 32.6 Å². The van der Waals surface area contributed by atoms with Crippen molar-refractivity contribution in [2.75, 3.05) is 39.3 Å². The summed E-state index contributed by atoms with van der Waals surface area (Å²) in [7, 11) is 0.